The van der Waals surface area contributed by atoms with E-state index < -0.39 is 5.41 Å². The molecule has 0 saturated heterocycles. The molecule has 0 radical (unpaired) electrons. The fourth-order valence-corrected chi connectivity index (χ4v) is 10.7. The number of fused-ring (bicyclic) bond motifs is 3. The Morgan fingerprint density at radius 2 is 0.758 bits per heavy atom. The largest absolute Gasteiger partial charge is 0.310 e. The number of rotatable bonds is 9. The van der Waals surface area contributed by atoms with Crippen LogP contribution in [0.15, 0.2) is 231 Å². The van der Waals surface area contributed by atoms with Gasteiger partial charge in [0.2, 0.25) is 0 Å². The van der Waals surface area contributed by atoms with Crippen molar-refractivity contribution in [2.24, 2.45) is 0 Å². The van der Waals surface area contributed by atoms with Crippen molar-refractivity contribution in [3.05, 3.63) is 258 Å². The van der Waals surface area contributed by atoms with Crippen LogP contribution in [-0.4, -0.2) is 0 Å². The van der Waals surface area contributed by atoms with Crippen LogP contribution in [0.3, 0.4) is 0 Å². The SMILES string of the molecule is c1ccc(-c2ccccc2-c2ccccc2-c2ccc(N(c3ccc(C4CCCCC4)cc3)c3ccc4c(c3)C(c3ccccc3)(c3ccccc3)c3ccccc3-4)cc2)cc1. The molecule has 1 saturated carbocycles. The number of nitrogens with zero attached hydrogens (tertiary/aromatic N) is 1. The molecule has 0 heterocycles. The normalized spacial score (nSPS) is 14.2. The zero-order valence-electron chi connectivity index (χ0n) is 35.0. The highest BCUT2D eigenvalue weighted by Gasteiger charge is 2.46. The molecule has 0 N–H and O–H groups in total. The molecule has 0 spiro atoms. The van der Waals surface area contributed by atoms with E-state index in [1.165, 1.54) is 104 Å². The summed E-state index contributed by atoms with van der Waals surface area (Å²) in [5, 5.41) is 0. The van der Waals surface area contributed by atoms with Gasteiger partial charge in [-0.1, -0.05) is 213 Å². The average Bonchev–Trinajstić information content (AvgIpc) is 3.66. The minimum absolute atomic E-state index is 0.482. The van der Waals surface area contributed by atoms with E-state index in [1.807, 2.05) is 0 Å². The first-order valence-corrected chi connectivity index (χ1v) is 22.4. The molecular formula is C61H49N. The van der Waals surface area contributed by atoms with Crippen LogP contribution in [0.25, 0.3) is 44.5 Å². The highest BCUT2D eigenvalue weighted by atomic mass is 15.1. The second kappa shape index (κ2) is 16.3. The van der Waals surface area contributed by atoms with Gasteiger partial charge in [0.15, 0.2) is 0 Å². The number of hydrogen-bond acceptors (Lipinski definition) is 1. The summed E-state index contributed by atoms with van der Waals surface area (Å²) in [6, 6.07) is 85.6. The van der Waals surface area contributed by atoms with Gasteiger partial charge in [0.05, 0.1) is 5.41 Å². The zero-order valence-corrected chi connectivity index (χ0v) is 35.0. The molecule has 9 aromatic rings. The van der Waals surface area contributed by atoms with Gasteiger partial charge in [-0.05, 0) is 127 Å². The first-order valence-electron chi connectivity index (χ1n) is 22.4. The Morgan fingerprint density at radius 1 is 0.323 bits per heavy atom. The number of benzene rings is 9. The Hall–Kier alpha value is -7.22. The van der Waals surface area contributed by atoms with Crippen LogP contribution in [0.5, 0.6) is 0 Å². The molecule has 1 heteroatoms. The summed E-state index contributed by atoms with van der Waals surface area (Å²) in [4.78, 5) is 2.47. The van der Waals surface area contributed by atoms with E-state index in [-0.39, 0.29) is 0 Å². The van der Waals surface area contributed by atoms with Crippen LogP contribution >= 0.6 is 0 Å². The summed E-state index contributed by atoms with van der Waals surface area (Å²) in [5.74, 6) is 0.647. The third kappa shape index (κ3) is 6.57. The van der Waals surface area contributed by atoms with E-state index in [1.54, 1.807) is 0 Å². The van der Waals surface area contributed by atoms with Crippen LogP contribution in [0.1, 0.15) is 65.8 Å². The summed E-state index contributed by atoms with van der Waals surface area (Å²) in [6.45, 7) is 0. The summed E-state index contributed by atoms with van der Waals surface area (Å²) < 4.78 is 0. The lowest BCUT2D eigenvalue weighted by Crippen LogP contribution is -2.28. The third-order valence-electron chi connectivity index (χ3n) is 13.6. The van der Waals surface area contributed by atoms with Gasteiger partial charge in [0.25, 0.3) is 0 Å². The fraction of sp³-hybridized carbons (Fsp3) is 0.115. The van der Waals surface area contributed by atoms with E-state index in [0.29, 0.717) is 5.92 Å². The van der Waals surface area contributed by atoms with Crippen molar-refractivity contribution in [2.45, 2.75) is 43.4 Å². The number of anilines is 3. The Balaban J connectivity index is 1.06. The van der Waals surface area contributed by atoms with Crippen LogP contribution in [-0.2, 0) is 5.41 Å². The number of hydrogen-bond donors (Lipinski definition) is 0. The maximum atomic E-state index is 2.48. The van der Waals surface area contributed by atoms with Crippen LogP contribution < -0.4 is 4.90 Å². The molecule has 0 aliphatic heterocycles. The van der Waals surface area contributed by atoms with Crippen molar-refractivity contribution in [1.82, 2.24) is 0 Å². The molecule has 0 amide bonds. The fourth-order valence-electron chi connectivity index (χ4n) is 10.7. The standard InChI is InChI=1S/C61H49N/c1-5-19-44(20-6-1)45-33-37-50(38-34-45)62(51-39-35-47(36-40-51)54-28-14-16-30-56(54)55-29-15-13-27-53(55)46-21-7-2-8-22-46)52-41-42-58-57-31-17-18-32-59(57)61(60(58)43-52,48-23-9-3-10-24-48)49-25-11-4-12-26-49/h2-4,7-18,21-44H,1,5-6,19-20H2. The first-order chi connectivity index (χ1) is 30.8. The Morgan fingerprint density at radius 3 is 1.34 bits per heavy atom. The quantitative estimate of drug-likeness (QED) is 0.141. The van der Waals surface area contributed by atoms with Crippen molar-refractivity contribution in [1.29, 1.82) is 0 Å². The van der Waals surface area contributed by atoms with Gasteiger partial charge in [0.1, 0.15) is 0 Å². The van der Waals surface area contributed by atoms with E-state index in [2.05, 4.69) is 235 Å². The predicted octanol–water partition coefficient (Wildman–Crippen LogP) is 16.6. The zero-order chi connectivity index (χ0) is 41.3. The lowest BCUT2D eigenvalue weighted by atomic mass is 9.67. The molecule has 1 nitrogen and oxygen atoms in total. The highest BCUT2D eigenvalue weighted by molar-refractivity contribution is 5.93. The van der Waals surface area contributed by atoms with Crippen molar-refractivity contribution >= 4 is 17.1 Å². The maximum absolute atomic E-state index is 2.48. The molecule has 1 fully saturated rings. The molecule has 0 unspecified atom stereocenters. The average molecular weight is 796 g/mol. The van der Waals surface area contributed by atoms with E-state index in [9.17, 15) is 0 Å². The van der Waals surface area contributed by atoms with Crippen molar-refractivity contribution in [3.63, 3.8) is 0 Å². The van der Waals surface area contributed by atoms with Gasteiger partial charge in [-0.15, -0.1) is 0 Å². The Bertz CT molecular complexity index is 2920. The van der Waals surface area contributed by atoms with Gasteiger partial charge < -0.3 is 4.90 Å². The predicted molar refractivity (Wildman–Crippen MR) is 261 cm³/mol. The monoisotopic (exact) mass is 795 g/mol. The Kier molecular flexibility index (Phi) is 9.94. The minimum atomic E-state index is -0.482. The summed E-state index contributed by atoms with van der Waals surface area (Å²) in [5.41, 5.74) is 19.5. The Labute approximate surface area is 366 Å². The second-order valence-electron chi connectivity index (χ2n) is 17.0. The minimum Gasteiger partial charge on any atom is -0.310 e. The molecule has 11 rings (SSSR count). The molecule has 0 atom stereocenters. The van der Waals surface area contributed by atoms with Crippen molar-refractivity contribution in [3.8, 4) is 44.5 Å². The summed E-state index contributed by atoms with van der Waals surface area (Å²) >= 11 is 0. The first kappa shape index (κ1) is 37.8. The summed E-state index contributed by atoms with van der Waals surface area (Å²) in [7, 11) is 0. The van der Waals surface area contributed by atoms with Gasteiger partial charge in [-0.2, -0.15) is 0 Å². The molecule has 62 heavy (non-hydrogen) atoms. The highest BCUT2D eigenvalue weighted by Crippen LogP contribution is 2.57. The molecule has 0 aromatic heterocycles. The second-order valence-corrected chi connectivity index (χ2v) is 17.0. The lowest BCUT2D eigenvalue weighted by Gasteiger charge is -2.35. The topological polar surface area (TPSA) is 3.24 Å². The molecular weight excluding hydrogens is 747 g/mol. The van der Waals surface area contributed by atoms with Crippen molar-refractivity contribution < 1.29 is 0 Å². The van der Waals surface area contributed by atoms with Gasteiger partial charge in [0, 0.05) is 17.1 Å². The summed E-state index contributed by atoms with van der Waals surface area (Å²) in [6.07, 6.45) is 6.59. The van der Waals surface area contributed by atoms with E-state index >= 15 is 0 Å². The molecule has 298 valence electrons. The molecule has 2 aliphatic rings. The molecule has 9 aromatic carbocycles. The molecule has 2 aliphatic carbocycles. The van der Waals surface area contributed by atoms with Crippen molar-refractivity contribution in [2.75, 3.05) is 4.90 Å². The van der Waals surface area contributed by atoms with Gasteiger partial charge in [-0.3, -0.25) is 0 Å². The third-order valence-corrected chi connectivity index (χ3v) is 13.6. The maximum Gasteiger partial charge on any atom is 0.0714 e. The lowest BCUT2D eigenvalue weighted by molar-refractivity contribution is 0.443. The van der Waals surface area contributed by atoms with Gasteiger partial charge >= 0.3 is 0 Å². The van der Waals surface area contributed by atoms with Crippen LogP contribution in [0.2, 0.25) is 0 Å². The smallest absolute Gasteiger partial charge is 0.0714 e. The van der Waals surface area contributed by atoms with E-state index in [4.69, 9.17) is 0 Å². The van der Waals surface area contributed by atoms with Gasteiger partial charge in [-0.25, -0.2) is 0 Å². The van der Waals surface area contributed by atoms with E-state index in [0.717, 1.165) is 17.1 Å². The molecule has 0 bridgehead atoms. The van der Waals surface area contributed by atoms with Crippen LogP contribution in [0, 0.1) is 0 Å². The van der Waals surface area contributed by atoms with Crippen LogP contribution in [0.4, 0.5) is 17.1 Å².